The van der Waals surface area contributed by atoms with Gasteiger partial charge in [0.1, 0.15) is 15.9 Å². The molecule has 1 aromatic heterocycles. The maximum atomic E-state index is 12.6. The van der Waals surface area contributed by atoms with Crippen LogP contribution in [0.1, 0.15) is 18.1 Å². The summed E-state index contributed by atoms with van der Waals surface area (Å²) in [6, 6.07) is 3.57. The molecule has 2 aromatic rings. The highest BCUT2D eigenvalue weighted by atomic mass is 32.2. The Morgan fingerprint density at radius 2 is 2.00 bits per heavy atom. The molecule has 1 heterocycles. The van der Waals surface area contributed by atoms with Crippen LogP contribution in [0.3, 0.4) is 0 Å². The molecule has 0 unspecified atom stereocenters. The highest BCUT2D eigenvalue weighted by molar-refractivity contribution is 7.94. The van der Waals surface area contributed by atoms with Crippen LogP contribution < -0.4 is 0 Å². The van der Waals surface area contributed by atoms with Crippen LogP contribution in [-0.2, 0) is 10.0 Å². The van der Waals surface area contributed by atoms with Gasteiger partial charge in [0.05, 0.1) is 0 Å². The number of aromatic nitrogens is 3. The normalized spacial score (nSPS) is 13.2. The van der Waals surface area contributed by atoms with Gasteiger partial charge in [0.25, 0.3) is 10.0 Å². The highest BCUT2D eigenvalue weighted by Gasteiger charge is 2.22. The van der Waals surface area contributed by atoms with Crippen LogP contribution in [0, 0.1) is 13.8 Å². The minimum Gasteiger partial charge on any atom is -0.271 e. The Hall–Kier alpha value is -2.28. The number of aryl methyl sites for hydroxylation is 2. The molecule has 1 aromatic carbocycles. The fourth-order valence-corrected chi connectivity index (χ4v) is 3.14. The third kappa shape index (κ3) is 2.64. The van der Waals surface area contributed by atoms with E-state index in [0.29, 0.717) is 11.0 Å². The molecule has 0 aliphatic carbocycles. The zero-order chi connectivity index (χ0) is 15.6. The molecular formula is C14H16N4O2S. The van der Waals surface area contributed by atoms with E-state index in [4.69, 9.17) is 0 Å². The molecule has 0 amide bonds. The van der Waals surface area contributed by atoms with Crippen LogP contribution in [0.2, 0.25) is 0 Å². The smallest absolute Gasteiger partial charge is 0.271 e. The summed E-state index contributed by atoms with van der Waals surface area (Å²) in [4.78, 5) is 3.54. The Bertz CT molecular complexity index is 860. The van der Waals surface area contributed by atoms with Gasteiger partial charge in [-0.05, 0) is 56.8 Å². The second-order valence-electron chi connectivity index (χ2n) is 4.58. The Kier molecular flexibility index (Phi) is 4.04. The first-order valence-electron chi connectivity index (χ1n) is 6.28. The Morgan fingerprint density at radius 1 is 1.33 bits per heavy atom. The lowest BCUT2D eigenvalue weighted by molar-refractivity contribution is 0.587. The number of allylic oxidation sites excluding steroid dienone is 2. The predicted molar refractivity (Wildman–Crippen MR) is 83.8 cm³/mol. The quantitative estimate of drug-likeness (QED) is 0.641. The molecule has 0 radical (unpaired) electrons. The number of benzene rings is 1. The summed E-state index contributed by atoms with van der Waals surface area (Å²) in [5.41, 5.74) is 2.98. The van der Waals surface area contributed by atoms with E-state index >= 15 is 0 Å². The average Bonchev–Trinajstić information content (AvgIpc) is 2.82. The van der Waals surface area contributed by atoms with Crippen LogP contribution in [0.25, 0.3) is 11.0 Å². The van der Waals surface area contributed by atoms with Crippen molar-refractivity contribution in [1.82, 2.24) is 14.4 Å². The monoisotopic (exact) mass is 304 g/mol. The van der Waals surface area contributed by atoms with Crippen molar-refractivity contribution in [1.29, 1.82) is 0 Å². The fraction of sp³-hybridized carbons (Fsp3) is 0.214. The van der Waals surface area contributed by atoms with Gasteiger partial charge >= 0.3 is 0 Å². The number of hydrogen-bond donors (Lipinski definition) is 0. The van der Waals surface area contributed by atoms with Crippen molar-refractivity contribution >= 4 is 27.8 Å². The SMILES string of the molecule is C=N/C=C(\C=C/C)S(=O)(=O)n1nnc2cc(C)c(C)cc21. The number of aliphatic imine (C=N–C) groups is 1. The minimum atomic E-state index is -3.85. The molecule has 0 spiro atoms. The number of fused-ring (bicyclic) bond motifs is 1. The van der Waals surface area contributed by atoms with E-state index in [9.17, 15) is 8.42 Å². The Morgan fingerprint density at radius 3 is 2.62 bits per heavy atom. The summed E-state index contributed by atoms with van der Waals surface area (Å²) in [5, 5.41) is 7.70. The van der Waals surface area contributed by atoms with Gasteiger partial charge in [0, 0.05) is 6.20 Å². The molecule has 0 bridgehead atoms. The third-order valence-electron chi connectivity index (χ3n) is 3.11. The van der Waals surface area contributed by atoms with E-state index in [1.165, 1.54) is 12.3 Å². The van der Waals surface area contributed by atoms with E-state index in [1.54, 1.807) is 19.1 Å². The zero-order valence-electron chi connectivity index (χ0n) is 12.1. The topological polar surface area (TPSA) is 77.2 Å². The molecule has 0 fully saturated rings. The van der Waals surface area contributed by atoms with Crippen molar-refractivity contribution in [3.05, 3.63) is 46.5 Å². The second-order valence-corrected chi connectivity index (χ2v) is 6.34. The van der Waals surface area contributed by atoms with Crippen LogP contribution in [0.4, 0.5) is 0 Å². The first-order chi connectivity index (χ1) is 9.91. The summed E-state index contributed by atoms with van der Waals surface area (Å²) in [6.07, 6.45) is 4.24. The first kappa shape index (κ1) is 15.1. The molecule has 0 atom stereocenters. The summed E-state index contributed by atoms with van der Waals surface area (Å²) in [7, 11) is -3.85. The minimum absolute atomic E-state index is 0.00466. The van der Waals surface area contributed by atoms with Gasteiger partial charge in [0.2, 0.25) is 0 Å². The molecule has 0 saturated heterocycles. The van der Waals surface area contributed by atoms with E-state index in [0.717, 1.165) is 15.2 Å². The second kappa shape index (κ2) is 5.61. The lowest BCUT2D eigenvalue weighted by atomic mass is 10.1. The zero-order valence-corrected chi connectivity index (χ0v) is 12.9. The van der Waals surface area contributed by atoms with Gasteiger partial charge in [-0.15, -0.1) is 9.19 Å². The molecule has 0 saturated carbocycles. The van der Waals surface area contributed by atoms with Gasteiger partial charge in [0.15, 0.2) is 0 Å². The number of rotatable bonds is 4. The maximum Gasteiger partial charge on any atom is 0.286 e. The third-order valence-corrected chi connectivity index (χ3v) is 4.67. The van der Waals surface area contributed by atoms with Crippen LogP contribution >= 0.6 is 0 Å². The van der Waals surface area contributed by atoms with Crippen molar-refractivity contribution in [3.63, 3.8) is 0 Å². The van der Waals surface area contributed by atoms with Gasteiger partial charge < -0.3 is 0 Å². The van der Waals surface area contributed by atoms with E-state index in [1.807, 2.05) is 19.9 Å². The molecular weight excluding hydrogens is 288 g/mol. The van der Waals surface area contributed by atoms with E-state index < -0.39 is 10.0 Å². The molecule has 6 nitrogen and oxygen atoms in total. The van der Waals surface area contributed by atoms with Crippen LogP contribution in [-0.4, -0.2) is 29.5 Å². The lowest BCUT2D eigenvalue weighted by Crippen LogP contribution is -2.15. The van der Waals surface area contributed by atoms with Crippen LogP contribution in [0.15, 0.2) is 40.4 Å². The Labute approximate surface area is 123 Å². The van der Waals surface area contributed by atoms with Crippen molar-refractivity contribution in [2.75, 3.05) is 0 Å². The summed E-state index contributed by atoms with van der Waals surface area (Å²) in [6.45, 7) is 8.87. The van der Waals surface area contributed by atoms with Crippen molar-refractivity contribution < 1.29 is 8.42 Å². The van der Waals surface area contributed by atoms with Crippen molar-refractivity contribution in [2.45, 2.75) is 20.8 Å². The van der Waals surface area contributed by atoms with Crippen molar-refractivity contribution in [2.24, 2.45) is 4.99 Å². The molecule has 21 heavy (non-hydrogen) atoms. The summed E-state index contributed by atoms with van der Waals surface area (Å²) < 4.78 is 26.2. The molecule has 7 heteroatoms. The summed E-state index contributed by atoms with van der Waals surface area (Å²) in [5.74, 6) is 0. The largest absolute Gasteiger partial charge is 0.286 e. The predicted octanol–water partition coefficient (Wildman–Crippen LogP) is 2.34. The molecule has 0 aliphatic rings. The number of nitrogens with zero attached hydrogens (tertiary/aromatic N) is 4. The summed E-state index contributed by atoms with van der Waals surface area (Å²) >= 11 is 0. The highest BCUT2D eigenvalue weighted by Crippen LogP contribution is 2.21. The fourth-order valence-electron chi connectivity index (χ4n) is 1.88. The maximum absolute atomic E-state index is 12.6. The lowest BCUT2D eigenvalue weighted by Gasteiger charge is -2.06. The Balaban J connectivity index is 2.73. The van der Waals surface area contributed by atoms with Crippen LogP contribution in [0.5, 0.6) is 0 Å². The molecule has 0 N–H and O–H groups in total. The average molecular weight is 304 g/mol. The molecule has 2 rings (SSSR count). The van der Waals surface area contributed by atoms with Crippen molar-refractivity contribution in [3.8, 4) is 0 Å². The van der Waals surface area contributed by atoms with Gasteiger partial charge in [-0.1, -0.05) is 11.3 Å². The van der Waals surface area contributed by atoms with Gasteiger partial charge in [-0.2, -0.15) is 8.42 Å². The molecule has 110 valence electrons. The standard InChI is InChI=1S/C14H16N4O2S/c1-5-6-12(9-15-4)21(19,20)18-14-8-11(3)10(2)7-13(14)16-17-18/h5-9H,4H2,1-3H3/b6-5-,12-9+. The van der Waals surface area contributed by atoms with Gasteiger partial charge in [-0.25, -0.2) is 0 Å². The molecule has 0 aliphatic heterocycles. The first-order valence-corrected chi connectivity index (χ1v) is 7.72. The van der Waals surface area contributed by atoms with Gasteiger partial charge in [-0.3, -0.25) is 4.99 Å². The van der Waals surface area contributed by atoms with E-state index in [2.05, 4.69) is 22.0 Å². The number of hydrogen-bond acceptors (Lipinski definition) is 5. The van der Waals surface area contributed by atoms with E-state index in [-0.39, 0.29) is 4.91 Å².